The van der Waals surface area contributed by atoms with E-state index in [2.05, 4.69) is 10.3 Å². The first-order chi connectivity index (χ1) is 11.1. The SMILES string of the molecule is COP(=O)(CC(=O)[C@H](Cc1cscn1)NC(=O)OC(C)(C)C)OC. The first kappa shape index (κ1) is 20.8. The Bertz CT molecular complexity index is 591. The number of nitrogens with zero attached hydrogens (tertiary/aromatic N) is 1. The number of nitrogens with one attached hydrogen (secondary N) is 1. The van der Waals surface area contributed by atoms with E-state index in [0.717, 1.165) is 0 Å². The van der Waals surface area contributed by atoms with E-state index in [9.17, 15) is 14.2 Å². The van der Waals surface area contributed by atoms with E-state index in [1.807, 2.05) is 0 Å². The average molecular weight is 378 g/mol. The number of carbonyl (C=O) groups is 2. The second-order valence-electron chi connectivity index (χ2n) is 5.98. The van der Waals surface area contributed by atoms with E-state index in [1.165, 1.54) is 25.6 Å². The van der Waals surface area contributed by atoms with Crippen LogP contribution in [0.4, 0.5) is 4.79 Å². The number of ether oxygens (including phenoxy) is 1. The molecule has 1 aromatic heterocycles. The minimum atomic E-state index is -3.53. The van der Waals surface area contributed by atoms with Gasteiger partial charge >= 0.3 is 13.7 Å². The van der Waals surface area contributed by atoms with Crippen LogP contribution in [0.2, 0.25) is 0 Å². The lowest BCUT2D eigenvalue weighted by Gasteiger charge is -2.23. The molecule has 1 amide bonds. The van der Waals surface area contributed by atoms with Gasteiger partial charge in [-0.3, -0.25) is 9.36 Å². The first-order valence-electron chi connectivity index (χ1n) is 7.18. The van der Waals surface area contributed by atoms with E-state index in [4.69, 9.17) is 13.8 Å². The van der Waals surface area contributed by atoms with E-state index in [-0.39, 0.29) is 6.42 Å². The molecule has 1 atom stereocenters. The van der Waals surface area contributed by atoms with Crippen molar-refractivity contribution in [3.8, 4) is 0 Å². The minimum absolute atomic E-state index is 0.162. The summed E-state index contributed by atoms with van der Waals surface area (Å²) < 4.78 is 26.9. The quantitative estimate of drug-likeness (QED) is 0.694. The standard InChI is InChI=1S/C14H23N2O6PS/c1-14(2,3)22-13(18)16-11(6-10-8-24-9-15-10)12(17)7-23(19,20-4)21-5/h8-9,11H,6-7H2,1-5H3,(H,16,18)/t11-/m0/s1. The molecule has 0 fully saturated rings. The molecule has 24 heavy (non-hydrogen) atoms. The predicted octanol–water partition coefficient (Wildman–Crippen LogP) is 2.63. The van der Waals surface area contributed by atoms with E-state index in [0.29, 0.717) is 5.69 Å². The summed E-state index contributed by atoms with van der Waals surface area (Å²) in [7, 11) is -1.12. The van der Waals surface area contributed by atoms with Crippen molar-refractivity contribution in [1.82, 2.24) is 10.3 Å². The Hall–Kier alpha value is -1.28. The fourth-order valence-corrected chi connectivity index (χ4v) is 3.33. The minimum Gasteiger partial charge on any atom is -0.444 e. The van der Waals surface area contributed by atoms with Gasteiger partial charge in [0.05, 0.1) is 17.2 Å². The number of amides is 1. The third-order valence-corrected chi connectivity index (χ3v) is 5.33. The van der Waals surface area contributed by atoms with Crippen molar-refractivity contribution >= 4 is 30.8 Å². The Balaban J connectivity index is 2.86. The molecular formula is C14H23N2O6PS. The zero-order valence-electron chi connectivity index (χ0n) is 14.4. The summed E-state index contributed by atoms with van der Waals surface area (Å²) >= 11 is 1.37. The Labute approximate surface area is 145 Å². The molecule has 0 saturated carbocycles. The highest BCUT2D eigenvalue weighted by atomic mass is 32.1. The molecular weight excluding hydrogens is 355 g/mol. The zero-order chi connectivity index (χ0) is 18.4. The van der Waals surface area contributed by atoms with E-state index < -0.39 is 37.3 Å². The fraction of sp³-hybridized carbons (Fsp3) is 0.643. The Kier molecular flexibility index (Phi) is 7.54. The molecule has 0 saturated heterocycles. The topological polar surface area (TPSA) is 104 Å². The Morgan fingerprint density at radius 1 is 1.33 bits per heavy atom. The van der Waals surface area contributed by atoms with E-state index in [1.54, 1.807) is 31.7 Å². The molecule has 1 heterocycles. The maximum absolute atomic E-state index is 12.5. The fourth-order valence-electron chi connectivity index (χ4n) is 1.75. The lowest BCUT2D eigenvalue weighted by Crippen LogP contribution is -2.45. The number of hydrogen-bond donors (Lipinski definition) is 1. The van der Waals surface area contributed by atoms with Crippen LogP contribution in [0.3, 0.4) is 0 Å². The van der Waals surface area contributed by atoms with Gasteiger partial charge in [-0.05, 0) is 20.8 Å². The Morgan fingerprint density at radius 3 is 2.42 bits per heavy atom. The van der Waals surface area contributed by atoms with Crippen molar-refractivity contribution in [2.75, 3.05) is 20.4 Å². The molecule has 0 bridgehead atoms. The van der Waals surface area contributed by atoms with Gasteiger partial charge in [-0.2, -0.15) is 0 Å². The molecule has 8 nitrogen and oxygen atoms in total. The summed E-state index contributed by atoms with van der Waals surface area (Å²) in [6.07, 6.45) is -1.03. The van der Waals surface area contributed by atoms with Gasteiger partial charge in [0.1, 0.15) is 11.8 Å². The third kappa shape index (κ3) is 7.09. The van der Waals surface area contributed by atoms with Crippen LogP contribution >= 0.6 is 18.9 Å². The van der Waals surface area contributed by atoms with Gasteiger partial charge in [-0.25, -0.2) is 9.78 Å². The van der Waals surface area contributed by atoms with Gasteiger partial charge in [0.2, 0.25) is 0 Å². The van der Waals surface area contributed by atoms with Crippen molar-refractivity contribution in [2.24, 2.45) is 0 Å². The van der Waals surface area contributed by atoms with Crippen LogP contribution in [0, 0.1) is 0 Å². The summed E-state index contributed by atoms with van der Waals surface area (Å²) in [4.78, 5) is 28.5. The number of aromatic nitrogens is 1. The van der Waals surface area contributed by atoms with Crippen molar-refractivity contribution in [2.45, 2.75) is 38.8 Å². The van der Waals surface area contributed by atoms with Crippen LogP contribution < -0.4 is 5.32 Å². The molecule has 0 aliphatic rings. The van der Waals surface area contributed by atoms with Gasteiger partial charge in [0, 0.05) is 26.0 Å². The van der Waals surface area contributed by atoms with Crippen LogP contribution in [0.25, 0.3) is 0 Å². The summed E-state index contributed by atoms with van der Waals surface area (Å²) in [6.45, 7) is 5.15. The smallest absolute Gasteiger partial charge is 0.408 e. The molecule has 1 aromatic rings. The van der Waals surface area contributed by atoms with E-state index >= 15 is 0 Å². The van der Waals surface area contributed by atoms with Crippen LogP contribution in [0.5, 0.6) is 0 Å². The van der Waals surface area contributed by atoms with Crippen LogP contribution in [-0.4, -0.2) is 48.9 Å². The van der Waals surface area contributed by atoms with Crippen molar-refractivity contribution < 1.29 is 27.9 Å². The number of thiazole rings is 1. The van der Waals surface area contributed by atoms with Crippen molar-refractivity contribution in [3.05, 3.63) is 16.6 Å². The molecule has 10 heteroatoms. The second-order valence-corrected chi connectivity index (χ2v) is 8.97. The molecule has 0 unspecified atom stereocenters. The average Bonchev–Trinajstić information content (AvgIpc) is 2.97. The molecule has 1 N–H and O–H groups in total. The van der Waals surface area contributed by atoms with Crippen molar-refractivity contribution in [3.63, 3.8) is 0 Å². The molecule has 0 aliphatic carbocycles. The summed E-state index contributed by atoms with van der Waals surface area (Å²) in [5.74, 6) is -0.485. The summed E-state index contributed by atoms with van der Waals surface area (Å²) in [5.41, 5.74) is 1.56. The molecule has 0 spiro atoms. The van der Waals surface area contributed by atoms with Gasteiger partial charge in [0.25, 0.3) is 0 Å². The maximum Gasteiger partial charge on any atom is 0.408 e. The monoisotopic (exact) mass is 378 g/mol. The number of carbonyl (C=O) groups excluding carboxylic acids is 2. The van der Waals surface area contributed by atoms with Crippen LogP contribution in [-0.2, 0) is 29.6 Å². The molecule has 0 radical (unpaired) electrons. The predicted molar refractivity (Wildman–Crippen MR) is 90.5 cm³/mol. The second kappa shape index (κ2) is 8.71. The highest BCUT2D eigenvalue weighted by Crippen LogP contribution is 2.46. The lowest BCUT2D eigenvalue weighted by molar-refractivity contribution is -0.119. The number of rotatable bonds is 8. The molecule has 136 valence electrons. The maximum atomic E-state index is 12.5. The van der Waals surface area contributed by atoms with Gasteiger partial charge in [-0.1, -0.05) is 0 Å². The largest absolute Gasteiger partial charge is 0.444 e. The normalized spacial score (nSPS) is 13.4. The van der Waals surface area contributed by atoms with Gasteiger partial charge in [-0.15, -0.1) is 11.3 Å². The summed E-state index contributed by atoms with van der Waals surface area (Å²) in [6, 6.07) is -0.944. The van der Waals surface area contributed by atoms with Crippen LogP contribution in [0.1, 0.15) is 26.5 Å². The number of Topliss-reactive ketones (excluding diaryl/α,β-unsaturated/α-hetero) is 1. The van der Waals surface area contributed by atoms with Gasteiger partial charge < -0.3 is 19.1 Å². The third-order valence-electron chi connectivity index (χ3n) is 2.88. The number of alkyl carbamates (subject to hydrolysis) is 1. The molecule has 0 aliphatic heterocycles. The molecule has 0 aromatic carbocycles. The Morgan fingerprint density at radius 2 is 1.96 bits per heavy atom. The first-order valence-corrected chi connectivity index (χ1v) is 9.85. The highest BCUT2D eigenvalue weighted by Gasteiger charge is 2.32. The zero-order valence-corrected chi connectivity index (χ0v) is 16.1. The van der Waals surface area contributed by atoms with Crippen LogP contribution in [0.15, 0.2) is 10.9 Å². The van der Waals surface area contributed by atoms with Gasteiger partial charge in [0.15, 0.2) is 5.78 Å². The lowest BCUT2D eigenvalue weighted by atomic mass is 10.1. The highest BCUT2D eigenvalue weighted by molar-refractivity contribution is 7.54. The van der Waals surface area contributed by atoms with Crippen molar-refractivity contribution in [1.29, 1.82) is 0 Å². The number of hydrogen-bond acceptors (Lipinski definition) is 8. The summed E-state index contributed by atoms with van der Waals surface area (Å²) in [5, 5.41) is 4.27. The molecule has 1 rings (SSSR count). The number of ketones is 1.